The van der Waals surface area contributed by atoms with E-state index in [0.29, 0.717) is 5.56 Å². The third-order valence-corrected chi connectivity index (χ3v) is 2.55. The van der Waals surface area contributed by atoms with Gasteiger partial charge < -0.3 is 0 Å². The molecule has 0 radical (unpaired) electrons. The van der Waals surface area contributed by atoms with E-state index in [1.54, 1.807) is 0 Å². The standard InChI is InChI=1S/C13H16BF/c1-3-4-5-6-7-11-10(2)12(14)8-9-13(11)15/h3,6-9H,1,4-5,14H2,2H3/b7-6-. The van der Waals surface area contributed by atoms with Crippen LogP contribution in [0.3, 0.4) is 0 Å². The van der Waals surface area contributed by atoms with Crippen molar-refractivity contribution in [3.63, 3.8) is 0 Å². The molecule has 0 saturated heterocycles. The summed E-state index contributed by atoms with van der Waals surface area (Å²) in [6.07, 6.45) is 7.57. The van der Waals surface area contributed by atoms with Gasteiger partial charge in [-0.05, 0) is 31.4 Å². The fraction of sp³-hybridized carbons (Fsp3) is 0.231. The molecule has 0 saturated carbocycles. The van der Waals surface area contributed by atoms with Gasteiger partial charge in [-0.15, -0.1) is 6.58 Å². The number of hydrogen-bond acceptors (Lipinski definition) is 0. The second-order valence-corrected chi connectivity index (χ2v) is 3.67. The Hall–Kier alpha value is -1.31. The van der Waals surface area contributed by atoms with Gasteiger partial charge in [-0.25, -0.2) is 4.39 Å². The van der Waals surface area contributed by atoms with Crippen LogP contribution in [0.25, 0.3) is 6.08 Å². The summed E-state index contributed by atoms with van der Waals surface area (Å²) in [7, 11) is 2.00. The van der Waals surface area contributed by atoms with E-state index in [0.717, 1.165) is 23.9 Å². The minimum absolute atomic E-state index is 0.145. The molecule has 1 aromatic carbocycles. The Morgan fingerprint density at radius 2 is 2.13 bits per heavy atom. The fourth-order valence-electron chi connectivity index (χ4n) is 1.42. The van der Waals surface area contributed by atoms with E-state index in [1.807, 2.05) is 39.1 Å². The van der Waals surface area contributed by atoms with Crippen LogP contribution in [-0.2, 0) is 0 Å². The van der Waals surface area contributed by atoms with Crippen LogP contribution in [0, 0.1) is 12.7 Å². The lowest BCUT2D eigenvalue weighted by atomic mass is 9.88. The maximum absolute atomic E-state index is 13.5. The Labute approximate surface area is 91.9 Å². The predicted molar refractivity (Wildman–Crippen MR) is 67.8 cm³/mol. The van der Waals surface area contributed by atoms with Crippen molar-refractivity contribution in [3.05, 3.63) is 47.8 Å². The molecule has 1 aromatic rings. The summed E-state index contributed by atoms with van der Waals surface area (Å²) in [5.74, 6) is -0.145. The maximum atomic E-state index is 13.5. The summed E-state index contributed by atoms with van der Waals surface area (Å²) >= 11 is 0. The first-order chi connectivity index (χ1) is 7.16. The van der Waals surface area contributed by atoms with Crippen LogP contribution in [0.1, 0.15) is 24.0 Å². The Morgan fingerprint density at radius 1 is 1.40 bits per heavy atom. The molecule has 0 aliphatic rings. The molecule has 0 N–H and O–H groups in total. The van der Waals surface area contributed by atoms with E-state index in [-0.39, 0.29) is 5.82 Å². The summed E-state index contributed by atoms with van der Waals surface area (Å²) in [5.41, 5.74) is 2.85. The molecule has 0 fully saturated rings. The highest BCUT2D eigenvalue weighted by molar-refractivity contribution is 6.33. The van der Waals surface area contributed by atoms with Gasteiger partial charge in [0.1, 0.15) is 13.7 Å². The highest BCUT2D eigenvalue weighted by Crippen LogP contribution is 2.13. The Kier molecular flexibility index (Phi) is 4.35. The first-order valence-corrected chi connectivity index (χ1v) is 5.20. The molecule has 78 valence electrons. The molecule has 2 heteroatoms. The average molecular weight is 202 g/mol. The first-order valence-electron chi connectivity index (χ1n) is 5.20. The van der Waals surface area contributed by atoms with Gasteiger partial charge in [0.25, 0.3) is 0 Å². The van der Waals surface area contributed by atoms with Crippen molar-refractivity contribution in [2.75, 3.05) is 0 Å². The molecule has 0 aliphatic carbocycles. The van der Waals surface area contributed by atoms with E-state index < -0.39 is 0 Å². The molecular weight excluding hydrogens is 186 g/mol. The molecule has 0 spiro atoms. The molecule has 0 aromatic heterocycles. The van der Waals surface area contributed by atoms with Crippen molar-refractivity contribution in [2.24, 2.45) is 0 Å². The summed E-state index contributed by atoms with van der Waals surface area (Å²) in [6.45, 7) is 5.60. The van der Waals surface area contributed by atoms with Crippen LogP contribution in [0.4, 0.5) is 4.39 Å². The predicted octanol–water partition coefficient (Wildman–Crippen LogP) is 2.37. The van der Waals surface area contributed by atoms with Crippen molar-refractivity contribution in [1.82, 2.24) is 0 Å². The van der Waals surface area contributed by atoms with Crippen LogP contribution in [0.5, 0.6) is 0 Å². The number of rotatable bonds is 4. The van der Waals surface area contributed by atoms with Gasteiger partial charge in [-0.1, -0.05) is 29.8 Å². The van der Waals surface area contributed by atoms with Crippen molar-refractivity contribution in [3.8, 4) is 0 Å². The van der Waals surface area contributed by atoms with Crippen LogP contribution in [0.15, 0.2) is 30.9 Å². The maximum Gasteiger partial charge on any atom is 0.139 e. The van der Waals surface area contributed by atoms with E-state index >= 15 is 0 Å². The topological polar surface area (TPSA) is 0 Å². The van der Waals surface area contributed by atoms with Crippen LogP contribution >= 0.6 is 0 Å². The third-order valence-electron chi connectivity index (χ3n) is 2.55. The number of unbranched alkanes of at least 4 members (excludes halogenated alkanes) is 1. The van der Waals surface area contributed by atoms with E-state index in [2.05, 4.69) is 6.58 Å². The first kappa shape index (κ1) is 11.8. The highest BCUT2D eigenvalue weighted by Gasteiger charge is 2.03. The van der Waals surface area contributed by atoms with Crippen LogP contribution < -0.4 is 5.46 Å². The van der Waals surface area contributed by atoms with Gasteiger partial charge in [0.2, 0.25) is 0 Å². The smallest absolute Gasteiger partial charge is 0.139 e. The van der Waals surface area contributed by atoms with Gasteiger partial charge in [0, 0.05) is 5.56 Å². The average Bonchev–Trinajstić information content (AvgIpc) is 2.23. The van der Waals surface area contributed by atoms with Crippen molar-refractivity contribution in [2.45, 2.75) is 19.8 Å². The van der Waals surface area contributed by atoms with Gasteiger partial charge in [-0.3, -0.25) is 0 Å². The van der Waals surface area contributed by atoms with Gasteiger partial charge in [-0.2, -0.15) is 0 Å². The second kappa shape index (κ2) is 5.55. The van der Waals surface area contributed by atoms with Crippen molar-refractivity contribution < 1.29 is 4.39 Å². The largest absolute Gasteiger partial charge is 0.206 e. The molecule has 1 rings (SSSR count). The lowest BCUT2D eigenvalue weighted by Gasteiger charge is -2.05. The van der Waals surface area contributed by atoms with Crippen molar-refractivity contribution >= 4 is 19.4 Å². The van der Waals surface area contributed by atoms with E-state index in [1.165, 1.54) is 6.07 Å². The summed E-state index contributed by atoms with van der Waals surface area (Å²) < 4.78 is 13.5. The highest BCUT2D eigenvalue weighted by atomic mass is 19.1. The Morgan fingerprint density at radius 3 is 2.80 bits per heavy atom. The fourth-order valence-corrected chi connectivity index (χ4v) is 1.42. The van der Waals surface area contributed by atoms with Gasteiger partial charge >= 0.3 is 0 Å². The molecule has 0 unspecified atom stereocenters. The zero-order chi connectivity index (χ0) is 11.3. The molecule has 0 nitrogen and oxygen atoms in total. The molecule has 0 aliphatic heterocycles. The second-order valence-electron chi connectivity index (χ2n) is 3.67. The SMILES string of the molecule is Bc1ccc(F)c(/C=C\CCC=C)c1C. The number of benzene rings is 1. The molecule has 0 bridgehead atoms. The minimum Gasteiger partial charge on any atom is -0.206 e. The Bertz CT molecular complexity index is 380. The third kappa shape index (κ3) is 3.09. The van der Waals surface area contributed by atoms with Crippen LogP contribution in [0.2, 0.25) is 0 Å². The van der Waals surface area contributed by atoms with Gasteiger partial charge in [0.15, 0.2) is 0 Å². The molecule has 15 heavy (non-hydrogen) atoms. The number of hydrogen-bond donors (Lipinski definition) is 0. The zero-order valence-electron chi connectivity index (χ0n) is 9.39. The lowest BCUT2D eigenvalue weighted by molar-refractivity contribution is 0.624. The zero-order valence-corrected chi connectivity index (χ0v) is 9.39. The van der Waals surface area contributed by atoms with Crippen molar-refractivity contribution in [1.29, 1.82) is 0 Å². The van der Waals surface area contributed by atoms with Crippen LogP contribution in [-0.4, -0.2) is 7.85 Å². The van der Waals surface area contributed by atoms with E-state index in [9.17, 15) is 4.39 Å². The summed E-state index contributed by atoms with van der Waals surface area (Å²) in [6, 6.07) is 3.33. The lowest BCUT2D eigenvalue weighted by Crippen LogP contribution is -2.09. The summed E-state index contributed by atoms with van der Waals surface area (Å²) in [5, 5.41) is 0. The molecule has 0 atom stereocenters. The molecule has 0 heterocycles. The number of allylic oxidation sites excluding steroid dienone is 2. The van der Waals surface area contributed by atoms with Gasteiger partial charge in [0.05, 0.1) is 0 Å². The molecule has 0 amide bonds. The monoisotopic (exact) mass is 202 g/mol. The normalized spacial score (nSPS) is 10.8. The summed E-state index contributed by atoms with van der Waals surface area (Å²) in [4.78, 5) is 0. The number of halogens is 1. The quantitative estimate of drug-likeness (QED) is 0.399. The molecular formula is C13H16BF. The Balaban J connectivity index is 2.88. The minimum atomic E-state index is -0.145. The van der Waals surface area contributed by atoms with E-state index in [4.69, 9.17) is 0 Å².